The molecular formula is C25H29ClN8O2Si. The molecule has 1 aliphatic heterocycles. The summed E-state index contributed by atoms with van der Waals surface area (Å²) in [6.45, 7) is 4.17. The molecule has 2 aromatic heterocycles. The maximum absolute atomic E-state index is 6.41. The molecule has 1 saturated heterocycles. The third kappa shape index (κ3) is 6.24. The molecule has 5 rings (SSSR count). The minimum Gasteiger partial charge on any atom is -0.544 e. The molecule has 3 heterocycles. The van der Waals surface area contributed by atoms with Gasteiger partial charge in [0, 0.05) is 18.0 Å². The largest absolute Gasteiger partial charge is 0.544 e. The van der Waals surface area contributed by atoms with Crippen LogP contribution < -0.4 is 19.8 Å². The predicted octanol–water partition coefficient (Wildman–Crippen LogP) is 3.97. The van der Waals surface area contributed by atoms with E-state index in [4.69, 9.17) is 20.8 Å². The number of benzene rings is 2. The minimum absolute atomic E-state index is 0.490. The molecule has 2 N–H and O–H groups in total. The Kier molecular flexibility index (Phi) is 7.92. The molecule has 0 aliphatic carbocycles. The number of anilines is 2. The zero-order valence-electron chi connectivity index (χ0n) is 20.8. The average molecular weight is 537 g/mol. The van der Waals surface area contributed by atoms with Crippen molar-refractivity contribution in [3.8, 4) is 22.6 Å². The van der Waals surface area contributed by atoms with Crippen LogP contribution in [0, 0.1) is 0 Å². The van der Waals surface area contributed by atoms with Crippen LogP contribution in [0.3, 0.4) is 0 Å². The molecule has 2 aromatic carbocycles. The first-order valence-electron chi connectivity index (χ1n) is 12.2. The quantitative estimate of drug-likeness (QED) is 0.307. The summed E-state index contributed by atoms with van der Waals surface area (Å²) in [5, 5.41) is 18.5. The fourth-order valence-corrected chi connectivity index (χ4v) is 6.07. The molecule has 12 heteroatoms. The van der Waals surface area contributed by atoms with Gasteiger partial charge in [0.1, 0.15) is 17.8 Å². The Labute approximate surface area is 222 Å². The molecule has 37 heavy (non-hydrogen) atoms. The smallest absolute Gasteiger partial charge is 0.253 e. The van der Waals surface area contributed by atoms with Gasteiger partial charge in [-0.05, 0) is 84.2 Å². The molecule has 0 saturated carbocycles. The fraction of sp³-hybridized carbons (Fsp3) is 0.320. The van der Waals surface area contributed by atoms with Crippen LogP contribution in [0.2, 0.25) is 11.6 Å². The van der Waals surface area contributed by atoms with E-state index in [-0.39, 0.29) is 0 Å². The second-order valence-electron chi connectivity index (χ2n) is 9.01. The van der Waals surface area contributed by atoms with Crippen molar-refractivity contribution < 1.29 is 9.16 Å². The number of halogens is 1. The van der Waals surface area contributed by atoms with Crippen molar-refractivity contribution in [2.75, 3.05) is 25.5 Å². The van der Waals surface area contributed by atoms with Crippen LogP contribution in [0.1, 0.15) is 24.3 Å². The monoisotopic (exact) mass is 536 g/mol. The Morgan fingerprint density at radius 2 is 1.89 bits per heavy atom. The number of methoxy groups -OCH3 is 1. The third-order valence-electron chi connectivity index (χ3n) is 6.36. The number of rotatable bonds is 9. The van der Waals surface area contributed by atoms with Crippen molar-refractivity contribution in [2.24, 2.45) is 0 Å². The number of hydrogen-bond acceptors (Lipinski definition) is 9. The van der Waals surface area contributed by atoms with Gasteiger partial charge in [0.25, 0.3) is 9.04 Å². The zero-order chi connectivity index (χ0) is 25.6. The van der Waals surface area contributed by atoms with Gasteiger partial charge in [-0.3, -0.25) is 0 Å². The maximum Gasteiger partial charge on any atom is 0.253 e. The van der Waals surface area contributed by atoms with E-state index in [9.17, 15) is 0 Å². The second kappa shape index (κ2) is 11.7. The predicted molar refractivity (Wildman–Crippen MR) is 145 cm³/mol. The molecule has 0 spiro atoms. The number of nitrogens with zero attached hydrogens (tertiary/aromatic N) is 6. The number of ether oxygens (including phenoxy) is 1. The number of tetrazole rings is 1. The highest BCUT2D eigenvalue weighted by Crippen LogP contribution is 2.34. The Morgan fingerprint density at radius 1 is 1.08 bits per heavy atom. The molecular weight excluding hydrogens is 508 g/mol. The lowest BCUT2D eigenvalue weighted by Crippen LogP contribution is -2.26. The van der Waals surface area contributed by atoms with Crippen molar-refractivity contribution in [1.82, 2.24) is 35.5 Å². The van der Waals surface area contributed by atoms with Gasteiger partial charge in [-0.2, -0.15) is 0 Å². The van der Waals surface area contributed by atoms with Crippen LogP contribution in [-0.2, 0) is 6.17 Å². The summed E-state index contributed by atoms with van der Waals surface area (Å²) in [5.41, 5.74) is 3.90. The highest BCUT2D eigenvalue weighted by atomic mass is 35.5. The van der Waals surface area contributed by atoms with Gasteiger partial charge >= 0.3 is 0 Å². The van der Waals surface area contributed by atoms with E-state index in [2.05, 4.69) is 54.8 Å². The van der Waals surface area contributed by atoms with Crippen molar-refractivity contribution >= 4 is 32.3 Å². The van der Waals surface area contributed by atoms with Crippen molar-refractivity contribution in [3.05, 3.63) is 65.7 Å². The van der Waals surface area contributed by atoms with Crippen LogP contribution in [-0.4, -0.2) is 59.4 Å². The molecule has 0 bridgehead atoms. The van der Waals surface area contributed by atoms with Crippen LogP contribution in [0.5, 0.6) is 11.5 Å². The molecule has 192 valence electrons. The maximum atomic E-state index is 6.41. The van der Waals surface area contributed by atoms with Crippen LogP contribution in [0.15, 0.2) is 55.1 Å². The number of aromatic nitrogens is 6. The fourth-order valence-electron chi connectivity index (χ4n) is 4.44. The van der Waals surface area contributed by atoms with Crippen LogP contribution >= 0.6 is 11.6 Å². The van der Waals surface area contributed by atoms with Crippen molar-refractivity contribution in [1.29, 1.82) is 0 Å². The Balaban J connectivity index is 1.27. The summed E-state index contributed by atoms with van der Waals surface area (Å²) in [6.07, 6.45) is 8.05. The lowest BCUT2D eigenvalue weighted by atomic mass is 9.90. The van der Waals surface area contributed by atoms with E-state index < -0.39 is 9.04 Å². The summed E-state index contributed by atoms with van der Waals surface area (Å²) in [5.74, 6) is 2.46. The lowest BCUT2D eigenvalue weighted by Gasteiger charge is -2.24. The second-order valence-corrected chi connectivity index (χ2v) is 11.6. The van der Waals surface area contributed by atoms with Crippen molar-refractivity contribution in [3.63, 3.8) is 0 Å². The summed E-state index contributed by atoms with van der Waals surface area (Å²) in [6, 6.07) is 12.0. The zero-order valence-corrected chi connectivity index (χ0v) is 22.7. The molecule has 0 radical (unpaired) electrons. The van der Waals surface area contributed by atoms with Crippen molar-refractivity contribution in [2.45, 2.75) is 31.5 Å². The Morgan fingerprint density at radius 3 is 2.62 bits per heavy atom. The number of nitrogens with one attached hydrogen (secondary N) is 2. The van der Waals surface area contributed by atoms with Crippen LogP contribution in [0.4, 0.5) is 11.6 Å². The summed E-state index contributed by atoms with van der Waals surface area (Å²) in [4.78, 5) is 9.05. The molecule has 1 atom stereocenters. The lowest BCUT2D eigenvalue weighted by molar-refractivity contribution is 0.413. The van der Waals surface area contributed by atoms with Gasteiger partial charge in [-0.15, -0.1) is 5.10 Å². The van der Waals surface area contributed by atoms with E-state index in [0.717, 1.165) is 48.5 Å². The SMILES string of the molecule is COc1cc(C2CCNCC2)ccc1Nc1ncc(-c2ccc(Cl)c(O[SiH](C)Cn3cnnn3)c2)cn1. The van der Waals surface area contributed by atoms with E-state index >= 15 is 0 Å². The first-order chi connectivity index (χ1) is 18.1. The topological polar surface area (TPSA) is 112 Å². The summed E-state index contributed by atoms with van der Waals surface area (Å²) < 4.78 is 13.5. The first kappa shape index (κ1) is 25.1. The average Bonchev–Trinajstić information content (AvgIpc) is 3.44. The van der Waals surface area contributed by atoms with Crippen LogP contribution in [0.25, 0.3) is 11.1 Å². The van der Waals surface area contributed by atoms with Gasteiger partial charge < -0.3 is 19.8 Å². The van der Waals surface area contributed by atoms with Gasteiger partial charge in [-0.25, -0.2) is 14.6 Å². The van der Waals surface area contributed by atoms with E-state index in [1.165, 1.54) is 5.56 Å². The molecule has 1 aliphatic rings. The number of hydrogen-bond donors (Lipinski definition) is 2. The summed E-state index contributed by atoms with van der Waals surface area (Å²) in [7, 11) is 0.0298. The Hall–Kier alpha value is -3.54. The van der Waals surface area contributed by atoms with Gasteiger partial charge in [0.2, 0.25) is 5.95 Å². The first-order valence-corrected chi connectivity index (χ1v) is 15.1. The van der Waals surface area contributed by atoms with Gasteiger partial charge in [-0.1, -0.05) is 23.7 Å². The molecule has 1 unspecified atom stereocenters. The Bertz CT molecular complexity index is 1320. The standard InChI is InChI=1S/C25H29ClN8O2Si/c1-35-24-12-18(17-7-9-27-10-8-17)4-6-22(24)31-25-28-13-20(14-29-25)19-3-5-21(26)23(11-19)36-37(2)16-34-15-30-32-33-34/h3-6,11-15,17,27,37H,7-10,16H2,1-2H3,(H,28,29,31). The third-order valence-corrected chi connectivity index (χ3v) is 8.22. The molecule has 4 aromatic rings. The minimum atomic E-state index is -1.65. The van der Waals surface area contributed by atoms with E-state index in [1.54, 1.807) is 30.5 Å². The normalized spacial score (nSPS) is 14.8. The highest BCUT2D eigenvalue weighted by molar-refractivity contribution is 6.50. The highest BCUT2D eigenvalue weighted by Gasteiger charge is 2.17. The summed E-state index contributed by atoms with van der Waals surface area (Å²) >= 11 is 6.41. The van der Waals surface area contributed by atoms with E-state index in [1.807, 2.05) is 24.3 Å². The van der Waals surface area contributed by atoms with E-state index in [0.29, 0.717) is 28.8 Å². The molecule has 0 amide bonds. The van der Waals surface area contributed by atoms with Gasteiger partial charge in [0.05, 0.1) is 24.0 Å². The molecule has 1 fully saturated rings. The van der Waals surface area contributed by atoms with Gasteiger partial charge in [0.15, 0.2) is 0 Å². The number of piperidine rings is 1. The molecule has 10 nitrogen and oxygen atoms in total.